The molecule has 0 saturated carbocycles. The van der Waals surface area contributed by atoms with E-state index in [4.69, 9.17) is 4.74 Å². The number of hydrogen-bond acceptors (Lipinski definition) is 2. The average Bonchev–Trinajstić information content (AvgIpc) is 2.15. The summed E-state index contributed by atoms with van der Waals surface area (Å²) >= 11 is 0. The predicted octanol–water partition coefficient (Wildman–Crippen LogP) is 3.41. The Morgan fingerprint density at radius 1 is 1.47 bits per heavy atom. The molecule has 0 N–H and O–H groups in total. The molecule has 0 rings (SSSR count). The van der Waals surface area contributed by atoms with Crippen molar-refractivity contribution in [2.75, 3.05) is 0 Å². The van der Waals surface area contributed by atoms with Crippen molar-refractivity contribution in [3.05, 3.63) is 36.5 Å². The van der Waals surface area contributed by atoms with E-state index in [0.29, 0.717) is 5.57 Å². The molecule has 0 saturated heterocycles. The van der Waals surface area contributed by atoms with E-state index in [1.807, 2.05) is 19.9 Å². The fourth-order valence-electron chi connectivity index (χ4n) is 0.978. The quantitative estimate of drug-likeness (QED) is 0.380. The van der Waals surface area contributed by atoms with E-state index in [1.165, 1.54) is 0 Å². The van der Waals surface area contributed by atoms with Crippen LogP contribution in [0.2, 0.25) is 0 Å². The van der Waals surface area contributed by atoms with Crippen LogP contribution in [0.1, 0.15) is 33.6 Å². The van der Waals surface area contributed by atoms with E-state index in [-0.39, 0.29) is 12.1 Å². The standard InChI is InChI=1S/C13H20O2/c1-5-7-8-10-12(9-6-2)13(14)15-11(3)4/h6,8-11H,2,5,7H2,1,3-4H3/b10-8-,12-9+. The first-order valence-corrected chi connectivity index (χ1v) is 5.32. The van der Waals surface area contributed by atoms with Crippen molar-refractivity contribution in [1.29, 1.82) is 0 Å². The minimum atomic E-state index is -0.294. The van der Waals surface area contributed by atoms with Crippen molar-refractivity contribution in [2.24, 2.45) is 0 Å². The number of rotatable bonds is 6. The molecule has 0 aliphatic rings. The summed E-state index contributed by atoms with van der Waals surface area (Å²) in [6.45, 7) is 9.33. The van der Waals surface area contributed by atoms with Crippen LogP contribution in [0.5, 0.6) is 0 Å². The number of esters is 1. The van der Waals surface area contributed by atoms with Crippen LogP contribution in [0, 0.1) is 0 Å². The van der Waals surface area contributed by atoms with Crippen LogP contribution in [0.3, 0.4) is 0 Å². The molecule has 0 aliphatic carbocycles. The number of unbranched alkanes of at least 4 members (excludes halogenated alkanes) is 1. The topological polar surface area (TPSA) is 26.3 Å². The molecule has 0 aromatic carbocycles. The minimum Gasteiger partial charge on any atom is -0.459 e. The van der Waals surface area contributed by atoms with Crippen LogP contribution in [0.25, 0.3) is 0 Å². The second kappa shape index (κ2) is 8.04. The van der Waals surface area contributed by atoms with Gasteiger partial charge in [-0.3, -0.25) is 0 Å². The van der Waals surface area contributed by atoms with Crippen molar-refractivity contribution in [2.45, 2.75) is 39.7 Å². The Morgan fingerprint density at radius 3 is 2.60 bits per heavy atom. The highest BCUT2D eigenvalue weighted by Gasteiger charge is 2.08. The zero-order valence-electron chi connectivity index (χ0n) is 9.82. The number of hydrogen-bond donors (Lipinski definition) is 0. The van der Waals surface area contributed by atoms with Gasteiger partial charge in [0.1, 0.15) is 0 Å². The van der Waals surface area contributed by atoms with Gasteiger partial charge in [-0.15, -0.1) is 0 Å². The van der Waals surface area contributed by atoms with Crippen molar-refractivity contribution in [1.82, 2.24) is 0 Å². The predicted molar refractivity (Wildman–Crippen MR) is 63.6 cm³/mol. The van der Waals surface area contributed by atoms with E-state index >= 15 is 0 Å². The summed E-state index contributed by atoms with van der Waals surface area (Å²) < 4.78 is 5.09. The van der Waals surface area contributed by atoms with Crippen molar-refractivity contribution < 1.29 is 9.53 Å². The van der Waals surface area contributed by atoms with Gasteiger partial charge in [-0.2, -0.15) is 0 Å². The van der Waals surface area contributed by atoms with Gasteiger partial charge in [0.2, 0.25) is 0 Å². The molecule has 0 unspecified atom stereocenters. The lowest BCUT2D eigenvalue weighted by molar-refractivity contribution is -0.142. The minimum absolute atomic E-state index is 0.0923. The SMILES string of the molecule is C=C/C=C(\C=C/CCC)C(=O)OC(C)C. The van der Waals surface area contributed by atoms with Gasteiger partial charge in [-0.25, -0.2) is 4.79 Å². The summed E-state index contributed by atoms with van der Waals surface area (Å²) in [5.41, 5.74) is 0.548. The normalized spacial score (nSPS) is 12.1. The summed E-state index contributed by atoms with van der Waals surface area (Å²) in [5, 5.41) is 0. The largest absolute Gasteiger partial charge is 0.459 e. The molecule has 0 spiro atoms. The summed E-state index contributed by atoms with van der Waals surface area (Å²) in [5.74, 6) is -0.294. The second-order valence-electron chi connectivity index (χ2n) is 3.50. The second-order valence-corrected chi connectivity index (χ2v) is 3.50. The van der Waals surface area contributed by atoms with Gasteiger partial charge in [0, 0.05) is 0 Å². The van der Waals surface area contributed by atoms with Gasteiger partial charge in [0.25, 0.3) is 0 Å². The highest BCUT2D eigenvalue weighted by molar-refractivity contribution is 5.91. The van der Waals surface area contributed by atoms with Crippen molar-refractivity contribution >= 4 is 5.97 Å². The summed E-state index contributed by atoms with van der Waals surface area (Å²) in [4.78, 5) is 11.5. The Morgan fingerprint density at radius 2 is 2.13 bits per heavy atom. The number of carbonyl (C=O) groups is 1. The lowest BCUT2D eigenvalue weighted by Gasteiger charge is -2.07. The molecular formula is C13H20O2. The molecule has 0 aliphatic heterocycles. The van der Waals surface area contributed by atoms with E-state index < -0.39 is 0 Å². The molecule has 0 radical (unpaired) electrons. The van der Waals surface area contributed by atoms with Gasteiger partial charge < -0.3 is 4.74 Å². The summed E-state index contributed by atoms with van der Waals surface area (Å²) in [7, 11) is 0. The first-order valence-electron chi connectivity index (χ1n) is 5.32. The smallest absolute Gasteiger partial charge is 0.338 e. The van der Waals surface area contributed by atoms with Gasteiger partial charge in [0.05, 0.1) is 11.7 Å². The molecule has 0 aromatic rings. The zero-order valence-corrected chi connectivity index (χ0v) is 9.82. The summed E-state index contributed by atoms with van der Waals surface area (Å²) in [6, 6.07) is 0. The van der Waals surface area contributed by atoms with Crippen LogP contribution in [0.4, 0.5) is 0 Å². The van der Waals surface area contributed by atoms with Crippen molar-refractivity contribution in [3.63, 3.8) is 0 Å². The molecule has 15 heavy (non-hydrogen) atoms. The van der Waals surface area contributed by atoms with E-state index in [0.717, 1.165) is 12.8 Å². The molecule has 0 heterocycles. The molecule has 0 fully saturated rings. The molecule has 2 heteroatoms. The number of carbonyl (C=O) groups excluding carboxylic acids is 1. The third-order valence-corrected chi connectivity index (χ3v) is 1.63. The first-order chi connectivity index (χ1) is 7.11. The van der Waals surface area contributed by atoms with Gasteiger partial charge >= 0.3 is 5.97 Å². The van der Waals surface area contributed by atoms with Crippen LogP contribution in [-0.2, 0) is 9.53 Å². The van der Waals surface area contributed by atoms with Gasteiger partial charge in [-0.1, -0.05) is 38.2 Å². The maximum absolute atomic E-state index is 11.5. The van der Waals surface area contributed by atoms with E-state index in [2.05, 4.69) is 13.5 Å². The van der Waals surface area contributed by atoms with Crippen LogP contribution >= 0.6 is 0 Å². The fraction of sp³-hybridized carbons (Fsp3) is 0.462. The average molecular weight is 208 g/mol. The molecule has 0 aromatic heterocycles. The maximum Gasteiger partial charge on any atom is 0.338 e. The Labute approximate surface area is 92.3 Å². The monoisotopic (exact) mass is 208 g/mol. The number of allylic oxidation sites excluding steroid dienone is 3. The van der Waals surface area contributed by atoms with E-state index in [9.17, 15) is 4.79 Å². The maximum atomic E-state index is 11.5. The molecular weight excluding hydrogens is 188 g/mol. The lowest BCUT2D eigenvalue weighted by Crippen LogP contribution is -2.12. The van der Waals surface area contributed by atoms with Gasteiger partial charge in [0.15, 0.2) is 0 Å². The Kier molecular flexibility index (Phi) is 7.33. The van der Waals surface area contributed by atoms with Gasteiger partial charge in [-0.05, 0) is 26.3 Å². The zero-order chi connectivity index (χ0) is 11.7. The number of ether oxygens (including phenoxy) is 1. The highest BCUT2D eigenvalue weighted by atomic mass is 16.5. The van der Waals surface area contributed by atoms with Crippen LogP contribution in [-0.4, -0.2) is 12.1 Å². The van der Waals surface area contributed by atoms with Crippen molar-refractivity contribution in [3.8, 4) is 0 Å². The van der Waals surface area contributed by atoms with E-state index in [1.54, 1.807) is 18.2 Å². The summed E-state index contributed by atoms with van der Waals surface area (Å²) in [6.07, 6.45) is 8.95. The third-order valence-electron chi connectivity index (χ3n) is 1.63. The molecule has 0 atom stereocenters. The fourth-order valence-corrected chi connectivity index (χ4v) is 0.978. The Balaban J connectivity index is 4.46. The Hall–Kier alpha value is -1.31. The van der Waals surface area contributed by atoms with Crippen LogP contribution < -0.4 is 0 Å². The lowest BCUT2D eigenvalue weighted by atomic mass is 10.2. The molecule has 0 amide bonds. The Bertz CT molecular complexity index is 260. The van der Waals surface area contributed by atoms with Crippen LogP contribution in [0.15, 0.2) is 36.5 Å². The molecule has 2 nitrogen and oxygen atoms in total. The highest BCUT2D eigenvalue weighted by Crippen LogP contribution is 2.05. The molecule has 0 bridgehead atoms. The first kappa shape index (κ1) is 13.7. The third kappa shape index (κ3) is 6.72. The molecule has 84 valence electrons.